The molecule has 1 saturated heterocycles. The van der Waals surface area contributed by atoms with E-state index in [0.29, 0.717) is 33.9 Å². The minimum atomic E-state index is -0.574. The smallest absolute Gasteiger partial charge is 0.279 e. The van der Waals surface area contributed by atoms with Crippen LogP contribution >= 0.6 is 0 Å². The number of anilines is 2. The zero-order valence-electron chi connectivity index (χ0n) is 25.2. The quantitative estimate of drug-likeness (QED) is 0.281. The molecular weight excluding hydrogens is 585 g/mol. The van der Waals surface area contributed by atoms with Crippen molar-refractivity contribution in [3.63, 3.8) is 0 Å². The highest BCUT2D eigenvalue weighted by molar-refractivity contribution is 5.87. The fourth-order valence-electron chi connectivity index (χ4n) is 6.78. The van der Waals surface area contributed by atoms with Crippen LogP contribution in [0.5, 0.6) is 0 Å². The van der Waals surface area contributed by atoms with Crippen LogP contribution in [0.25, 0.3) is 33.2 Å². The molecule has 0 bridgehead atoms. The Labute approximate surface area is 263 Å². The second kappa shape index (κ2) is 11.1. The number of halogens is 1. The summed E-state index contributed by atoms with van der Waals surface area (Å²) in [6.07, 6.45) is 5.87. The second-order valence-electron chi connectivity index (χ2n) is 12.1. The third-order valence-corrected chi connectivity index (χ3v) is 9.32. The maximum Gasteiger partial charge on any atom is 0.279 e. The van der Waals surface area contributed by atoms with E-state index in [1.54, 1.807) is 42.2 Å². The highest BCUT2D eigenvalue weighted by Gasteiger charge is 2.29. The van der Waals surface area contributed by atoms with Crippen LogP contribution in [0.4, 0.5) is 15.8 Å². The summed E-state index contributed by atoms with van der Waals surface area (Å²) in [5.74, 6) is -0.574. The summed E-state index contributed by atoms with van der Waals surface area (Å²) in [6.45, 7) is 2.96. The molecule has 0 amide bonds. The maximum absolute atomic E-state index is 15.3. The third kappa shape index (κ3) is 4.73. The van der Waals surface area contributed by atoms with E-state index in [2.05, 4.69) is 22.3 Å². The molecule has 8 rings (SSSR count). The lowest BCUT2D eigenvalue weighted by Crippen LogP contribution is -2.50. The molecule has 3 aromatic heterocycles. The number of aromatic nitrogens is 3. The van der Waals surface area contributed by atoms with Gasteiger partial charge in [-0.25, -0.2) is 4.39 Å². The lowest BCUT2D eigenvalue weighted by Gasteiger charge is -2.40. The summed E-state index contributed by atoms with van der Waals surface area (Å²) >= 11 is 0. The number of fused-ring (bicyclic) bond motifs is 4. The van der Waals surface area contributed by atoms with Crippen LogP contribution in [-0.4, -0.2) is 49.3 Å². The van der Waals surface area contributed by atoms with Crippen molar-refractivity contribution in [2.75, 3.05) is 25.1 Å². The summed E-state index contributed by atoms with van der Waals surface area (Å²) in [6, 6.07) is 20.4. The van der Waals surface area contributed by atoms with Gasteiger partial charge in [0.2, 0.25) is 0 Å². The monoisotopic (exact) mass is 617 g/mol. The van der Waals surface area contributed by atoms with E-state index in [0.717, 1.165) is 49.3 Å². The molecule has 1 fully saturated rings. The molecule has 2 N–H and O–H groups in total. The average molecular weight is 618 g/mol. The van der Waals surface area contributed by atoms with E-state index < -0.39 is 12.4 Å². The van der Waals surface area contributed by atoms with Crippen molar-refractivity contribution < 1.29 is 14.2 Å². The lowest BCUT2D eigenvalue weighted by atomic mass is 9.97. The number of hydrogen-bond donors (Lipinski definition) is 2. The Hall–Kier alpha value is -5.03. The number of aliphatic hydroxyl groups excluding tert-OH is 1. The summed E-state index contributed by atoms with van der Waals surface area (Å²) in [5.41, 5.74) is 5.85. The lowest BCUT2D eigenvalue weighted by molar-refractivity contribution is -0.0694. The number of benzene rings is 3. The molecule has 0 spiro atoms. The largest absolute Gasteiger partial charge is 0.392 e. The first-order valence-corrected chi connectivity index (χ1v) is 15.3. The van der Waals surface area contributed by atoms with E-state index in [4.69, 9.17) is 4.74 Å². The van der Waals surface area contributed by atoms with Gasteiger partial charge in [0.15, 0.2) is 0 Å². The molecule has 0 saturated carbocycles. The Morgan fingerprint density at radius 1 is 0.957 bits per heavy atom. The van der Waals surface area contributed by atoms with E-state index in [1.165, 1.54) is 32.4 Å². The van der Waals surface area contributed by atoms with Crippen molar-refractivity contribution in [3.05, 3.63) is 129 Å². The van der Waals surface area contributed by atoms with Gasteiger partial charge < -0.3 is 24.1 Å². The molecule has 232 valence electrons. The Morgan fingerprint density at radius 2 is 1.80 bits per heavy atom. The summed E-state index contributed by atoms with van der Waals surface area (Å²) in [5, 5.41) is 14.8. The third-order valence-electron chi connectivity index (χ3n) is 9.32. The van der Waals surface area contributed by atoms with Gasteiger partial charge >= 0.3 is 0 Å². The standard InChI is InChI=1S/C36H32FN5O4/c1-39-17-25(13-31(35(39)44)38-27-7-6-24-18-40(28-20-46-21-28)9-8-22(24)12-27)29-15-26(37)16-33(30(29)19-43)42-11-10-41-32-5-3-2-4-23(32)14-34(41)36(42)45/h2-7,10-17,28,38,43H,8-9,18-21H2,1H3. The predicted molar refractivity (Wildman–Crippen MR) is 176 cm³/mol. The topological polar surface area (TPSA) is 93.1 Å². The summed E-state index contributed by atoms with van der Waals surface area (Å²) in [4.78, 5) is 29.4. The second-order valence-corrected chi connectivity index (χ2v) is 12.1. The fourth-order valence-corrected chi connectivity index (χ4v) is 6.78. The summed E-state index contributed by atoms with van der Waals surface area (Å²) in [7, 11) is 1.64. The van der Waals surface area contributed by atoms with E-state index in [1.807, 2.05) is 30.3 Å². The van der Waals surface area contributed by atoms with Gasteiger partial charge in [-0.05, 0) is 65.6 Å². The van der Waals surface area contributed by atoms with Crippen molar-refractivity contribution in [1.29, 1.82) is 0 Å². The minimum absolute atomic E-state index is 0.232. The molecule has 0 atom stereocenters. The SMILES string of the molecule is Cn1cc(-c2cc(F)cc(-n3ccn4c(cc5ccccc54)c3=O)c2CO)cc(Nc2ccc3c(c2)CCN(C2COC2)C3)c1=O. The first-order valence-electron chi connectivity index (χ1n) is 15.3. The predicted octanol–water partition coefficient (Wildman–Crippen LogP) is 4.74. The first-order chi connectivity index (χ1) is 22.4. The molecule has 3 aromatic carbocycles. The van der Waals surface area contributed by atoms with Gasteiger partial charge in [-0.2, -0.15) is 0 Å². The van der Waals surface area contributed by atoms with Gasteiger partial charge in [-0.15, -0.1) is 0 Å². The number of para-hydroxylation sites is 1. The Kier molecular flexibility index (Phi) is 6.86. The zero-order chi connectivity index (χ0) is 31.5. The van der Waals surface area contributed by atoms with Gasteiger partial charge in [-0.1, -0.05) is 24.3 Å². The van der Waals surface area contributed by atoms with Crippen LogP contribution < -0.4 is 16.4 Å². The Bertz CT molecular complexity index is 2280. The number of rotatable bonds is 6. The highest BCUT2D eigenvalue weighted by Crippen LogP contribution is 2.32. The van der Waals surface area contributed by atoms with Crippen LogP contribution in [-0.2, 0) is 31.4 Å². The average Bonchev–Trinajstić information content (AvgIpc) is 3.42. The van der Waals surface area contributed by atoms with E-state index >= 15 is 4.39 Å². The number of hydrogen-bond acceptors (Lipinski definition) is 6. The normalized spacial score (nSPS) is 15.3. The molecule has 2 aliphatic heterocycles. The van der Waals surface area contributed by atoms with Crippen molar-refractivity contribution >= 4 is 27.8 Å². The number of aliphatic hydroxyl groups is 1. The minimum Gasteiger partial charge on any atom is -0.392 e. The number of nitrogens with zero attached hydrogens (tertiary/aromatic N) is 4. The van der Waals surface area contributed by atoms with Gasteiger partial charge in [0.25, 0.3) is 11.1 Å². The number of ether oxygens (including phenoxy) is 1. The number of nitrogens with one attached hydrogen (secondary N) is 1. The molecule has 5 heterocycles. The molecular formula is C36H32FN5O4. The summed E-state index contributed by atoms with van der Waals surface area (Å²) < 4.78 is 25.3. The van der Waals surface area contributed by atoms with E-state index in [9.17, 15) is 14.7 Å². The Morgan fingerprint density at radius 3 is 2.61 bits per heavy atom. The van der Waals surface area contributed by atoms with Gasteiger partial charge in [0, 0.05) is 60.9 Å². The molecule has 6 aromatic rings. The molecule has 2 aliphatic rings. The molecule has 46 heavy (non-hydrogen) atoms. The van der Waals surface area contributed by atoms with E-state index in [-0.39, 0.29) is 16.8 Å². The zero-order valence-corrected chi connectivity index (χ0v) is 25.2. The number of aryl methyl sites for hydroxylation is 1. The van der Waals surface area contributed by atoms with Crippen molar-refractivity contribution in [2.45, 2.75) is 25.6 Å². The number of pyridine rings is 1. The molecule has 10 heteroatoms. The van der Waals surface area contributed by atoms with Crippen molar-refractivity contribution in [3.8, 4) is 16.8 Å². The Balaban J connectivity index is 1.17. The molecule has 0 radical (unpaired) electrons. The van der Waals surface area contributed by atoms with Crippen LogP contribution in [0.3, 0.4) is 0 Å². The molecule has 9 nitrogen and oxygen atoms in total. The van der Waals surface area contributed by atoms with Crippen LogP contribution in [0.1, 0.15) is 16.7 Å². The first kappa shape index (κ1) is 28.4. The van der Waals surface area contributed by atoms with Crippen molar-refractivity contribution in [1.82, 2.24) is 18.4 Å². The maximum atomic E-state index is 15.3. The highest BCUT2D eigenvalue weighted by atomic mass is 19.1. The van der Waals surface area contributed by atoms with Gasteiger partial charge in [0.1, 0.15) is 17.0 Å². The van der Waals surface area contributed by atoms with Gasteiger partial charge in [0.05, 0.1) is 37.1 Å². The fraction of sp³-hybridized carbons (Fsp3) is 0.222. The molecule has 0 unspecified atom stereocenters. The molecule has 0 aliphatic carbocycles. The van der Waals surface area contributed by atoms with Gasteiger partial charge in [-0.3, -0.25) is 19.1 Å². The van der Waals surface area contributed by atoms with Crippen LogP contribution in [0.2, 0.25) is 0 Å². The van der Waals surface area contributed by atoms with Crippen LogP contribution in [0, 0.1) is 5.82 Å². The van der Waals surface area contributed by atoms with Crippen LogP contribution in [0.15, 0.2) is 94.9 Å². The van der Waals surface area contributed by atoms with Crippen molar-refractivity contribution in [2.24, 2.45) is 7.05 Å².